The Morgan fingerprint density at radius 2 is 1.83 bits per heavy atom. The molecule has 122 valence electrons. The third-order valence-corrected chi connectivity index (χ3v) is 3.26. The highest BCUT2D eigenvalue weighted by molar-refractivity contribution is 5.96. The van der Waals surface area contributed by atoms with Crippen molar-refractivity contribution in [1.82, 2.24) is 10.9 Å². The van der Waals surface area contributed by atoms with E-state index < -0.39 is 5.91 Å². The number of amides is 2. The third kappa shape index (κ3) is 5.18. The van der Waals surface area contributed by atoms with Gasteiger partial charge in [0, 0.05) is 6.42 Å². The van der Waals surface area contributed by atoms with E-state index in [2.05, 4.69) is 10.9 Å². The van der Waals surface area contributed by atoms with Crippen LogP contribution in [-0.4, -0.2) is 18.4 Å². The van der Waals surface area contributed by atoms with E-state index in [1.807, 2.05) is 31.2 Å². The molecule has 0 aliphatic heterocycles. The van der Waals surface area contributed by atoms with Crippen molar-refractivity contribution >= 4 is 11.8 Å². The fraction of sp³-hybridized carbons (Fsp3) is 0.294. The Morgan fingerprint density at radius 3 is 2.48 bits per heavy atom. The van der Waals surface area contributed by atoms with Crippen molar-refractivity contribution in [3.05, 3.63) is 53.5 Å². The average molecular weight is 316 g/mol. The number of ether oxygens (including phenoxy) is 1. The van der Waals surface area contributed by atoms with Crippen LogP contribution in [0.4, 0.5) is 0 Å². The summed E-state index contributed by atoms with van der Waals surface area (Å²) in [6.07, 6.45) is 2.24. The smallest absolute Gasteiger partial charge is 0.273 e. The maximum atomic E-state index is 11.8. The van der Waals surface area contributed by atoms with Crippen LogP contribution in [0.1, 0.15) is 34.5 Å². The van der Waals surface area contributed by atoms with Crippen molar-refractivity contribution < 1.29 is 18.7 Å². The minimum Gasteiger partial charge on any atom is -0.494 e. The van der Waals surface area contributed by atoms with Crippen molar-refractivity contribution in [2.45, 2.75) is 26.7 Å². The molecular formula is C17H20N2O4. The normalized spacial score (nSPS) is 10.2. The molecule has 0 atom stereocenters. The van der Waals surface area contributed by atoms with Gasteiger partial charge in [-0.1, -0.05) is 17.7 Å². The average Bonchev–Trinajstić information content (AvgIpc) is 2.97. The van der Waals surface area contributed by atoms with E-state index in [0.717, 1.165) is 5.75 Å². The van der Waals surface area contributed by atoms with Gasteiger partial charge in [-0.25, -0.2) is 0 Å². The third-order valence-electron chi connectivity index (χ3n) is 3.26. The Hall–Kier alpha value is -2.76. The van der Waals surface area contributed by atoms with E-state index in [1.165, 1.54) is 11.8 Å². The number of furan rings is 1. The minimum absolute atomic E-state index is 0.260. The predicted octanol–water partition coefficient (Wildman–Crippen LogP) is 2.52. The van der Waals surface area contributed by atoms with Gasteiger partial charge >= 0.3 is 0 Å². The van der Waals surface area contributed by atoms with Crippen LogP contribution in [0.3, 0.4) is 0 Å². The van der Waals surface area contributed by atoms with E-state index >= 15 is 0 Å². The van der Waals surface area contributed by atoms with Crippen molar-refractivity contribution in [3.63, 3.8) is 0 Å². The van der Waals surface area contributed by atoms with Crippen molar-refractivity contribution in [3.8, 4) is 5.75 Å². The number of nitrogens with one attached hydrogen (secondary N) is 2. The Bertz CT molecular complexity index is 661. The fourth-order valence-corrected chi connectivity index (χ4v) is 1.93. The Morgan fingerprint density at radius 1 is 1.09 bits per heavy atom. The molecule has 1 heterocycles. The highest BCUT2D eigenvalue weighted by atomic mass is 16.5. The number of benzene rings is 1. The Kier molecular flexibility index (Phi) is 5.80. The molecule has 0 fully saturated rings. The summed E-state index contributed by atoms with van der Waals surface area (Å²) in [5.41, 5.74) is 6.28. The molecule has 0 aliphatic carbocycles. The lowest BCUT2D eigenvalue weighted by Gasteiger charge is -2.08. The highest BCUT2D eigenvalue weighted by Crippen LogP contribution is 2.11. The fourth-order valence-electron chi connectivity index (χ4n) is 1.93. The number of aryl methyl sites for hydroxylation is 2. The number of carbonyl (C=O) groups is 2. The standard InChI is InChI=1S/C17H20N2O4/c1-12-5-7-14(8-6-12)23-10-3-4-16(20)18-19-17(21)15-9-11-22-13(15)2/h5-9,11H,3-4,10H2,1-2H3,(H,18,20)(H,19,21). The van der Waals surface area contributed by atoms with Gasteiger partial charge in [0.05, 0.1) is 18.4 Å². The molecule has 2 amide bonds. The molecule has 1 aromatic heterocycles. The summed E-state index contributed by atoms with van der Waals surface area (Å²) in [4.78, 5) is 23.4. The van der Waals surface area contributed by atoms with E-state index in [0.29, 0.717) is 24.4 Å². The van der Waals surface area contributed by atoms with Gasteiger partial charge in [-0.3, -0.25) is 20.4 Å². The van der Waals surface area contributed by atoms with Gasteiger partial charge in [0.1, 0.15) is 11.5 Å². The van der Waals surface area contributed by atoms with E-state index in [4.69, 9.17) is 9.15 Å². The quantitative estimate of drug-likeness (QED) is 0.634. The van der Waals surface area contributed by atoms with Crippen molar-refractivity contribution in [1.29, 1.82) is 0 Å². The number of hydrazine groups is 1. The van der Waals surface area contributed by atoms with Crippen LogP contribution in [0.2, 0.25) is 0 Å². The van der Waals surface area contributed by atoms with Crippen LogP contribution in [-0.2, 0) is 4.79 Å². The van der Waals surface area contributed by atoms with Crippen molar-refractivity contribution in [2.75, 3.05) is 6.61 Å². The van der Waals surface area contributed by atoms with Gasteiger partial charge in [-0.05, 0) is 38.5 Å². The van der Waals surface area contributed by atoms with Crippen LogP contribution in [0, 0.1) is 13.8 Å². The Balaban J connectivity index is 1.62. The lowest BCUT2D eigenvalue weighted by atomic mass is 10.2. The van der Waals surface area contributed by atoms with Gasteiger partial charge in [-0.2, -0.15) is 0 Å². The molecule has 23 heavy (non-hydrogen) atoms. The molecule has 0 bridgehead atoms. The van der Waals surface area contributed by atoms with Crippen LogP contribution < -0.4 is 15.6 Å². The van der Waals surface area contributed by atoms with Gasteiger partial charge in [0.2, 0.25) is 5.91 Å². The molecule has 0 radical (unpaired) electrons. The first-order valence-electron chi connectivity index (χ1n) is 7.39. The zero-order chi connectivity index (χ0) is 16.7. The predicted molar refractivity (Wildman–Crippen MR) is 85.0 cm³/mol. The maximum Gasteiger partial charge on any atom is 0.273 e. The van der Waals surface area contributed by atoms with Crippen molar-refractivity contribution in [2.24, 2.45) is 0 Å². The Labute approximate surface area is 134 Å². The van der Waals surface area contributed by atoms with Gasteiger partial charge in [0.25, 0.3) is 5.91 Å². The number of hydrogen-bond acceptors (Lipinski definition) is 4. The lowest BCUT2D eigenvalue weighted by Crippen LogP contribution is -2.41. The SMILES string of the molecule is Cc1ccc(OCCCC(=O)NNC(=O)c2ccoc2C)cc1. The minimum atomic E-state index is -0.402. The molecule has 2 aromatic rings. The summed E-state index contributed by atoms with van der Waals surface area (Å²) in [6.45, 7) is 4.12. The summed E-state index contributed by atoms with van der Waals surface area (Å²) in [7, 11) is 0. The summed E-state index contributed by atoms with van der Waals surface area (Å²) in [6, 6.07) is 9.27. The number of hydrogen-bond donors (Lipinski definition) is 2. The largest absolute Gasteiger partial charge is 0.494 e. The molecular weight excluding hydrogens is 296 g/mol. The van der Waals surface area contributed by atoms with Gasteiger partial charge < -0.3 is 9.15 Å². The van der Waals surface area contributed by atoms with E-state index in [1.54, 1.807) is 13.0 Å². The second-order valence-electron chi connectivity index (χ2n) is 5.16. The molecule has 0 saturated carbocycles. The topological polar surface area (TPSA) is 80.6 Å². The molecule has 2 rings (SSSR count). The second kappa shape index (κ2) is 8.03. The summed E-state index contributed by atoms with van der Waals surface area (Å²) >= 11 is 0. The molecule has 0 aliphatic rings. The molecule has 0 saturated heterocycles. The van der Waals surface area contributed by atoms with E-state index in [-0.39, 0.29) is 12.3 Å². The van der Waals surface area contributed by atoms with Crippen LogP contribution in [0.15, 0.2) is 41.0 Å². The number of rotatable bonds is 6. The van der Waals surface area contributed by atoms with E-state index in [9.17, 15) is 9.59 Å². The van der Waals surface area contributed by atoms with Crippen LogP contribution >= 0.6 is 0 Å². The first-order valence-corrected chi connectivity index (χ1v) is 7.39. The molecule has 6 nitrogen and oxygen atoms in total. The van der Waals surface area contributed by atoms with Gasteiger partial charge in [-0.15, -0.1) is 0 Å². The summed E-state index contributed by atoms with van der Waals surface area (Å²) in [5.74, 6) is 0.607. The summed E-state index contributed by atoms with van der Waals surface area (Å²) < 4.78 is 10.6. The summed E-state index contributed by atoms with van der Waals surface area (Å²) in [5, 5.41) is 0. The van der Waals surface area contributed by atoms with Crippen LogP contribution in [0.5, 0.6) is 5.75 Å². The molecule has 2 N–H and O–H groups in total. The second-order valence-corrected chi connectivity index (χ2v) is 5.16. The first-order chi connectivity index (χ1) is 11.1. The molecule has 6 heteroatoms. The zero-order valence-electron chi connectivity index (χ0n) is 13.2. The van der Waals surface area contributed by atoms with Crippen LogP contribution in [0.25, 0.3) is 0 Å². The molecule has 0 unspecified atom stereocenters. The monoisotopic (exact) mass is 316 g/mol. The highest BCUT2D eigenvalue weighted by Gasteiger charge is 2.11. The molecule has 1 aromatic carbocycles. The first kappa shape index (κ1) is 16.6. The zero-order valence-corrected chi connectivity index (χ0v) is 13.2. The number of carbonyl (C=O) groups excluding carboxylic acids is 2. The van der Waals surface area contributed by atoms with Gasteiger partial charge in [0.15, 0.2) is 0 Å². The lowest BCUT2D eigenvalue weighted by molar-refractivity contribution is -0.122. The molecule has 0 spiro atoms. The maximum absolute atomic E-state index is 11.8.